The van der Waals surface area contributed by atoms with Crippen LogP contribution in [0.15, 0.2) is 59.6 Å². The zero-order valence-electron chi connectivity index (χ0n) is 18.7. The van der Waals surface area contributed by atoms with Crippen molar-refractivity contribution in [2.75, 3.05) is 4.90 Å². The summed E-state index contributed by atoms with van der Waals surface area (Å²) >= 11 is 18.3. The van der Waals surface area contributed by atoms with E-state index in [1.54, 1.807) is 6.07 Å². The summed E-state index contributed by atoms with van der Waals surface area (Å²) in [6.45, 7) is 6.62. The molecule has 1 aliphatic heterocycles. The van der Waals surface area contributed by atoms with Gasteiger partial charge in [-0.2, -0.15) is 0 Å². The van der Waals surface area contributed by atoms with Crippen molar-refractivity contribution in [3.63, 3.8) is 0 Å². The van der Waals surface area contributed by atoms with Gasteiger partial charge in [-0.1, -0.05) is 93.2 Å². The van der Waals surface area contributed by atoms with Gasteiger partial charge < -0.3 is 10.2 Å². The second kappa shape index (κ2) is 9.17. The van der Waals surface area contributed by atoms with Crippen LogP contribution in [0.2, 0.25) is 10.0 Å². The molecule has 1 N–H and O–H groups in total. The number of benzene rings is 2. The van der Waals surface area contributed by atoms with Crippen LogP contribution in [0.3, 0.4) is 0 Å². The normalized spacial score (nSPS) is 20.5. The third-order valence-electron chi connectivity index (χ3n) is 6.32. The first-order valence-electron chi connectivity index (χ1n) is 11.1. The van der Waals surface area contributed by atoms with Gasteiger partial charge in [-0.05, 0) is 60.3 Å². The van der Waals surface area contributed by atoms with Crippen molar-refractivity contribution in [3.8, 4) is 0 Å². The summed E-state index contributed by atoms with van der Waals surface area (Å²) in [4.78, 5) is 7.58. The average Bonchev–Trinajstić information content (AvgIpc) is 3.31. The van der Waals surface area contributed by atoms with Crippen LogP contribution in [-0.4, -0.2) is 22.5 Å². The maximum Gasteiger partial charge on any atom is 0.179 e. The minimum Gasteiger partial charge on any atom is -0.319 e. The number of aliphatic imine (C=N–C) groups is 1. The number of thiocarbonyl (C=S) groups is 1. The molecule has 2 aromatic rings. The average molecular weight is 487 g/mol. The monoisotopic (exact) mass is 485 g/mol. The highest BCUT2D eigenvalue weighted by Gasteiger charge is 2.51. The maximum atomic E-state index is 6.39. The molecule has 32 heavy (non-hydrogen) atoms. The van der Waals surface area contributed by atoms with E-state index in [4.69, 9.17) is 40.4 Å². The first-order valence-corrected chi connectivity index (χ1v) is 12.2. The Hall–Kier alpha value is -1.88. The summed E-state index contributed by atoms with van der Waals surface area (Å²) in [7, 11) is 0. The van der Waals surface area contributed by atoms with Crippen LogP contribution in [-0.2, 0) is 0 Å². The van der Waals surface area contributed by atoms with E-state index in [0.29, 0.717) is 10.0 Å². The minimum absolute atomic E-state index is 0.0484. The van der Waals surface area contributed by atoms with Crippen LogP contribution in [0.1, 0.15) is 52.0 Å². The Labute approximate surface area is 206 Å². The van der Waals surface area contributed by atoms with Gasteiger partial charge in [0.15, 0.2) is 5.11 Å². The number of nitrogens with one attached hydrogen (secondary N) is 1. The summed E-state index contributed by atoms with van der Waals surface area (Å²) in [5.74, 6) is 0.982. The van der Waals surface area contributed by atoms with Crippen LogP contribution in [0, 0.1) is 5.41 Å². The molecule has 1 aliphatic carbocycles. The van der Waals surface area contributed by atoms with Crippen molar-refractivity contribution >= 4 is 58.1 Å². The second-order valence-corrected chi connectivity index (χ2v) is 10.9. The molecule has 2 aromatic carbocycles. The third kappa shape index (κ3) is 4.59. The molecule has 0 radical (unpaired) electrons. The van der Waals surface area contributed by atoms with E-state index in [1.165, 1.54) is 12.8 Å². The number of halogens is 2. The summed E-state index contributed by atoms with van der Waals surface area (Å²) in [6.07, 6.45) is 8.60. The lowest BCUT2D eigenvalue weighted by atomic mass is 9.86. The number of para-hydroxylation sites is 1. The first-order chi connectivity index (χ1) is 15.2. The van der Waals surface area contributed by atoms with Gasteiger partial charge in [0, 0.05) is 15.7 Å². The zero-order valence-corrected chi connectivity index (χ0v) is 21.1. The number of anilines is 1. The van der Waals surface area contributed by atoms with Crippen LogP contribution in [0.4, 0.5) is 5.69 Å². The summed E-state index contributed by atoms with van der Waals surface area (Å²) in [5.41, 5.74) is 1.77. The highest BCUT2D eigenvalue weighted by molar-refractivity contribution is 7.80. The molecule has 1 saturated heterocycles. The number of hydrogen-bond acceptors (Lipinski definition) is 2. The summed E-state index contributed by atoms with van der Waals surface area (Å²) in [6, 6.07) is 15.9. The van der Waals surface area contributed by atoms with E-state index in [0.717, 1.165) is 35.0 Å². The molecule has 0 aromatic heterocycles. The van der Waals surface area contributed by atoms with Gasteiger partial charge in [0.25, 0.3) is 0 Å². The highest BCUT2D eigenvalue weighted by Crippen LogP contribution is 2.42. The molecule has 3 nitrogen and oxygen atoms in total. The lowest BCUT2D eigenvalue weighted by Crippen LogP contribution is -2.48. The van der Waals surface area contributed by atoms with E-state index in [2.05, 4.69) is 61.3 Å². The zero-order chi connectivity index (χ0) is 22.9. The second-order valence-electron chi connectivity index (χ2n) is 9.65. The van der Waals surface area contributed by atoms with Crippen molar-refractivity contribution in [2.24, 2.45) is 10.4 Å². The predicted molar refractivity (Wildman–Crippen MR) is 142 cm³/mol. The van der Waals surface area contributed by atoms with Crippen LogP contribution >= 0.6 is 35.4 Å². The molecule has 1 saturated carbocycles. The molecule has 1 spiro atoms. The summed E-state index contributed by atoms with van der Waals surface area (Å²) in [5, 5.41) is 5.48. The molecule has 4 rings (SSSR count). The molecule has 168 valence electrons. The summed E-state index contributed by atoms with van der Waals surface area (Å²) < 4.78 is 0. The van der Waals surface area contributed by atoms with Gasteiger partial charge in [-0.25, -0.2) is 0 Å². The smallest absolute Gasteiger partial charge is 0.179 e. The molecule has 1 heterocycles. The van der Waals surface area contributed by atoms with Gasteiger partial charge in [0.2, 0.25) is 0 Å². The van der Waals surface area contributed by atoms with E-state index < -0.39 is 0 Å². The molecular weight excluding hydrogens is 457 g/mol. The maximum absolute atomic E-state index is 6.39. The number of hydrogen-bond donors (Lipinski definition) is 1. The number of nitrogens with zero attached hydrogens (tertiary/aromatic N) is 2. The lowest BCUT2D eigenvalue weighted by Gasteiger charge is -2.35. The molecule has 0 bridgehead atoms. The Morgan fingerprint density at radius 2 is 1.78 bits per heavy atom. The fourth-order valence-corrected chi connectivity index (χ4v) is 5.43. The third-order valence-corrected chi connectivity index (χ3v) is 7.17. The van der Waals surface area contributed by atoms with Crippen molar-refractivity contribution in [1.82, 2.24) is 5.32 Å². The number of amidine groups is 1. The Morgan fingerprint density at radius 3 is 2.41 bits per heavy atom. The van der Waals surface area contributed by atoms with Gasteiger partial charge in [0.05, 0.1) is 6.04 Å². The molecule has 2 aliphatic rings. The van der Waals surface area contributed by atoms with Crippen LogP contribution in [0.25, 0.3) is 6.08 Å². The molecule has 0 amide bonds. The topological polar surface area (TPSA) is 27.6 Å². The van der Waals surface area contributed by atoms with Gasteiger partial charge in [0.1, 0.15) is 11.4 Å². The molecule has 6 heteroatoms. The fourth-order valence-electron chi connectivity index (χ4n) is 4.58. The standard InChI is InChI=1S/C26H29Cl2N3S/c1-25(2,3)22(14-12-18-11-13-19(27)17-21(18)28)29-23-26(15-7-8-16-26)31(24(32)30-23)20-9-5-4-6-10-20/h4-6,9-14,17,22H,7-8,15-16H2,1-3H3,(H,29,30,32)/b14-12+. The first kappa shape index (κ1) is 23.3. The Kier molecular flexibility index (Phi) is 6.67. The Morgan fingerprint density at radius 1 is 1.09 bits per heavy atom. The van der Waals surface area contributed by atoms with Crippen molar-refractivity contribution in [1.29, 1.82) is 0 Å². The van der Waals surface area contributed by atoms with Crippen molar-refractivity contribution in [3.05, 3.63) is 70.2 Å². The molecule has 1 unspecified atom stereocenters. The van der Waals surface area contributed by atoms with E-state index in [-0.39, 0.29) is 17.0 Å². The van der Waals surface area contributed by atoms with Gasteiger partial charge in [-0.15, -0.1) is 0 Å². The van der Waals surface area contributed by atoms with E-state index in [1.807, 2.05) is 24.3 Å². The largest absolute Gasteiger partial charge is 0.319 e. The van der Waals surface area contributed by atoms with Gasteiger partial charge in [-0.3, -0.25) is 4.99 Å². The van der Waals surface area contributed by atoms with Crippen molar-refractivity contribution in [2.45, 2.75) is 58.0 Å². The lowest BCUT2D eigenvalue weighted by molar-refractivity contribution is 0.366. The quantitative estimate of drug-likeness (QED) is 0.453. The number of rotatable bonds is 4. The van der Waals surface area contributed by atoms with Crippen LogP contribution in [0.5, 0.6) is 0 Å². The Balaban J connectivity index is 1.73. The fraction of sp³-hybridized carbons (Fsp3) is 0.385. The molecular formula is C26H29Cl2N3S. The predicted octanol–water partition coefficient (Wildman–Crippen LogP) is 7.53. The van der Waals surface area contributed by atoms with Gasteiger partial charge >= 0.3 is 0 Å². The Bertz CT molecular complexity index is 1050. The molecule has 2 fully saturated rings. The van der Waals surface area contributed by atoms with E-state index in [9.17, 15) is 0 Å². The van der Waals surface area contributed by atoms with Crippen molar-refractivity contribution < 1.29 is 0 Å². The molecule has 1 atom stereocenters. The highest BCUT2D eigenvalue weighted by atomic mass is 35.5. The minimum atomic E-state index is -0.201. The van der Waals surface area contributed by atoms with E-state index >= 15 is 0 Å². The van der Waals surface area contributed by atoms with Crippen LogP contribution < -0.4 is 10.2 Å². The SMILES string of the molecule is CC(C)(C)C(/C=C/c1ccc(Cl)cc1Cl)N=C1NC(=S)N(c2ccccc2)C12CCCC2.